The molecule has 2 rings (SSSR count). The number of hydrogen-bond donors (Lipinski definition) is 1. The Morgan fingerprint density at radius 2 is 2.16 bits per heavy atom. The molecule has 5 nitrogen and oxygen atoms in total. The van der Waals surface area contributed by atoms with Gasteiger partial charge in [-0.25, -0.2) is 4.79 Å². The summed E-state index contributed by atoms with van der Waals surface area (Å²) in [6, 6.07) is 3.82. The first-order valence-corrected chi connectivity index (χ1v) is 6.22. The summed E-state index contributed by atoms with van der Waals surface area (Å²) in [7, 11) is 1.61. The van der Waals surface area contributed by atoms with Gasteiger partial charge in [-0.05, 0) is 24.5 Å². The van der Waals surface area contributed by atoms with Crippen LogP contribution < -0.4 is 0 Å². The summed E-state index contributed by atoms with van der Waals surface area (Å²) in [5, 5.41) is 8.45. The fourth-order valence-corrected chi connectivity index (χ4v) is 1.98. The van der Waals surface area contributed by atoms with Crippen LogP contribution in [0.4, 0.5) is 0 Å². The zero-order valence-electron chi connectivity index (χ0n) is 11.0. The molecule has 0 bridgehead atoms. The van der Waals surface area contributed by atoms with Gasteiger partial charge in [0.05, 0.1) is 6.54 Å². The molecular weight excluding hydrogens is 246 g/mol. The molecule has 5 heteroatoms. The molecule has 0 aliphatic heterocycles. The molecular formula is C14H17NO4. The highest BCUT2D eigenvalue weighted by atomic mass is 16.4. The van der Waals surface area contributed by atoms with Crippen LogP contribution in [0.1, 0.15) is 30.8 Å². The maximum atomic E-state index is 11.6. The van der Waals surface area contributed by atoms with Crippen molar-refractivity contribution in [3.63, 3.8) is 0 Å². The second kappa shape index (κ2) is 5.30. The maximum Gasteiger partial charge on any atom is 0.328 e. The molecule has 2 unspecified atom stereocenters. The van der Waals surface area contributed by atoms with Crippen molar-refractivity contribution in [3.05, 3.63) is 35.8 Å². The molecule has 0 radical (unpaired) electrons. The molecule has 0 aromatic carbocycles. The van der Waals surface area contributed by atoms with Crippen molar-refractivity contribution < 1.29 is 19.1 Å². The van der Waals surface area contributed by atoms with Crippen LogP contribution in [0.2, 0.25) is 0 Å². The highest BCUT2D eigenvalue weighted by Crippen LogP contribution is 2.47. The fraction of sp³-hybridized carbons (Fsp3) is 0.429. The predicted octanol–water partition coefficient (Wildman–Crippen LogP) is 2.00. The van der Waals surface area contributed by atoms with E-state index in [2.05, 4.69) is 6.92 Å². The minimum atomic E-state index is -1.13. The summed E-state index contributed by atoms with van der Waals surface area (Å²) in [5.74, 6) is 1.39. The summed E-state index contributed by atoms with van der Waals surface area (Å²) in [5.41, 5.74) is 0. The minimum absolute atomic E-state index is 0.337. The first-order valence-electron chi connectivity index (χ1n) is 6.22. The largest absolute Gasteiger partial charge is 0.478 e. The normalized spacial score (nSPS) is 21.6. The van der Waals surface area contributed by atoms with E-state index in [0.29, 0.717) is 24.1 Å². The van der Waals surface area contributed by atoms with E-state index in [1.807, 2.05) is 12.1 Å². The van der Waals surface area contributed by atoms with Gasteiger partial charge >= 0.3 is 5.97 Å². The quantitative estimate of drug-likeness (QED) is 0.825. The Morgan fingerprint density at radius 3 is 2.74 bits per heavy atom. The zero-order chi connectivity index (χ0) is 14.0. The Bertz CT molecular complexity index is 517. The van der Waals surface area contributed by atoms with Crippen LogP contribution in [0.15, 0.2) is 28.7 Å². The van der Waals surface area contributed by atoms with Gasteiger partial charge in [0.1, 0.15) is 11.5 Å². The molecule has 1 aromatic rings. The number of nitrogens with zero attached hydrogens (tertiary/aromatic N) is 1. The van der Waals surface area contributed by atoms with E-state index < -0.39 is 5.97 Å². The van der Waals surface area contributed by atoms with Gasteiger partial charge in [-0.3, -0.25) is 4.79 Å². The average molecular weight is 263 g/mol. The van der Waals surface area contributed by atoms with Gasteiger partial charge in [0.2, 0.25) is 5.91 Å². The third-order valence-corrected chi connectivity index (χ3v) is 3.30. The number of carbonyl (C=O) groups is 2. The van der Waals surface area contributed by atoms with E-state index in [9.17, 15) is 9.59 Å². The number of rotatable bonds is 5. The van der Waals surface area contributed by atoms with E-state index in [-0.39, 0.29) is 5.91 Å². The third-order valence-electron chi connectivity index (χ3n) is 3.30. The molecule has 1 heterocycles. The van der Waals surface area contributed by atoms with E-state index in [4.69, 9.17) is 9.52 Å². The first kappa shape index (κ1) is 13.4. The van der Waals surface area contributed by atoms with E-state index in [1.165, 1.54) is 4.90 Å². The summed E-state index contributed by atoms with van der Waals surface area (Å²) < 4.78 is 5.69. The van der Waals surface area contributed by atoms with Crippen LogP contribution in [0.25, 0.3) is 0 Å². The van der Waals surface area contributed by atoms with Gasteiger partial charge in [0.15, 0.2) is 0 Å². The number of amides is 1. The van der Waals surface area contributed by atoms with Crippen LogP contribution >= 0.6 is 0 Å². The maximum absolute atomic E-state index is 11.6. The first-order chi connectivity index (χ1) is 8.97. The lowest BCUT2D eigenvalue weighted by molar-refractivity contribution is -0.132. The monoisotopic (exact) mass is 263 g/mol. The number of carboxylic acid groups (broad SMARTS) is 1. The Labute approximate surface area is 111 Å². The number of aliphatic carboxylic acids is 1. The number of carboxylic acids is 1. The topological polar surface area (TPSA) is 70.8 Å². The van der Waals surface area contributed by atoms with E-state index >= 15 is 0 Å². The number of furan rings is 1. The number of likely N-dealkylation sites (N-methyl/N-ethyl adjacent to an activating group) is 1. The fourth-order valence-electron chi connectivity index (χ4n) is 1.98. The Balaban J connectivity index is 1.91. The highest BCUT2D eigenvalue weighted by Gasteiger charge is 2.36. The van der Waals surface area contributed by atoms with Crippen LogP contribution in [0, 0.1) is 5.92 Å². The lowest BCUT2D eigenvalue weighted by atomic mass is 10.3. The van der Waals surface area contributed by atoms with Crippen molar-refractivity contribution in [2.45, 2.75) is 25.8 Å². The lowest BCUT2D eigenvalue weighted by Gasteiger charge is -2.12. The summed E-state index contributed by atoms with van der Waals surface area (Å²) in [4.78, 5) is 23.3. The predicted molar refractivity (Wildman–Crippen MR) is 68.5 cm³/mol. The van der Waals surface area contributed by atoms with E-state index in [0.717, 1.165) is 24.3 Å². The summed E-state index contributed by atoms with van der Waals surface area (Å²) in [6.45, 7) is 2.52. The number of hydrogen-bond acceptors (Lipinski definition) is 3. The molecule has 19 heavy (non-hydrogen) atoms. The summed E-state index contributed by atoms with van der Waals surface area (Å²) in [6.07, 6.45) is 3.02. The number of carbonyl (C=O) groups excluding carboxylic acids is 1. The summed E-state index contributed by atoms with van der Waals surface area (Å²) >= 11 is 0. The van der Waals surface area contributed by atoms with Crippen LogP contribution in [0.3, 0.4) is 0 Å². The molecule has 1 fully saturated rings. The Morgan fingerprint density at radius 1 is 1.47 bits per heavy atom. The van der Waals surface area contributed by atoms with Gasteiger partial charge in [-0.1, -0.05) is 6.92 Å². The van der Waals surface area contributed by atoms with Gasteiger partial charge in [-0.2, -0.15) is 0 Å². The van der Waals surface area contributed by atoms with Gasteiger partial charge in [0.25, 0.3) is 0 Å². The smallest absolute Gasteiger partial charge is 0.328 e. The standard InChI is InChI=1S/C14H17NO4/c1-9-7-11(9)12-4-3-10(19-12)8-15(2)13(16)5-6-14(17)18/h3-6,9,11H,7-8H2,1-2H3,(H,17,18)/b6-5+. The lowest BCUT2D eigenvalue weighted by Crippen LogP contribution is -2.24. The average Bonchev–Trinajstić information content (AvgIpc) is 2.89. The van der Waals surface area contributed by atoms with Gasteiger partial charge < -0.3 is 14.4 Å². The van der Waals surface area contributed by atoms with Gasteiger partial charge in [-0.15, -0.1) is 0 Å². The molecule has 1 aliphatic carbocycles. The van der Waals surface area contributed by atoms with Crippen molar-refractivity contribution >= 4 is 11.9 Å². The molecule has 1 N–H and O–H groups in total. The SMILES string of the molecule is CC1CC1c1ccc(CN(C)C(=O)/C=C/C(=O)O)o1. The highest BCUT2D eigenvalue weighted by molar-refractivity contribution is 5.93. The van der Waals surface area contributed by atoms with Crippen molar-refractivity contribution in [1.82, 2.24) is 4.90 Å². The second-order valence-electron chi connectivity index (χ2n) is 4.99. The Kier molecular flexibility index (Phi) is 3.74. The molecule has 102 valence electrons. The molecule has 1 amide bonds. The molecule has 1 aliphatic rings. The van der Waals surface area contributed by atoms with Crippen molar-refractivity contribution in [1.29, 1.82) is 0 Å². The minimum Gasteiger partial charge on any atom is -0.478 e. The van der Waals surface area contributed by atoms with Crippen LogP contribution in [-0.4, -0.2) is 28.9 Å². The van der Waals surface area contributed by atoms with Crippen molar-refractivity contribution in [2.75, 3.05) is 7.05 Å². The van der Waals surface area contributed by atoms with Crippen molar-refractivity contribution in [3.8, 4) is 0 Å². The van der Waals surface area contributed by atoms with Crippen molar-refractivity contribution in [2.24, 2.45) is 5.92 Å². The molecule has 0 spiro atoms. The third kappa shape index (κ3) is 3.47. The molecule has 1 saturated carbocycles. The van der Waals surface area contributed by atoms with E-state index in [1.54, 1.807) is 7.05 Å². The molecule has 1 aromatic heterocycles. The van der Waals surface area contributed by atoms with Gasteiger partial charge in [0, 0.05) is 25.1 Å². The molecule has 0 saturated heterocycles. The Hall–Kier alpha value is -2.04. The van der Waals surface area contributed by atoms with Crippen LogP contribution in [0.5, 0.6) is 0 Å². The molecule has 2 atom stereocenters. The second-order valence-corrected chi connectivity index (χ2v) is 4.99. The zero-order valence-corrected chi connectivity index (χ0v) is 11.0. The van der Waals surface area contributed by atoms with Crippen LogP contribution in [-0.2, 0) is 16.1 Å².